The van der Waals surface area contributed by atoms with Crippen molar-refractivity contribution in [1.29, 1.82) is 0 Å². The van der Waals surface area contributed by atoms with Gasteiger partial charge in [0.2, 0.25) is 0 Å². The molecule has 14 unspecified atom stereocenters. The average Bonchev–Trinajstić information content (AvgIpc) is 3.13. The summed E-state index contributed by atoms with van der Waals surface area (Å²) >= 11 is 0. The number of nitrogens with one attached hydrogen (secondary N) is 1. The first-order valence-corrected chi connectivity index (χ1v) is 16.8. The van der Waals surface area contributed by atoms with Gasteiger partial charge in [0.25, 0.3) is 0 Å². The van der Waals surface area contributed by atoms with Crippen LogP contribution in [0, 0.1) is 573 Å². The zero-order chi connectivity index (χ0) is 38.2. The normalized spacial score (nSPS) is 42.4. The van der Waals surface area contributed by atoms with Gasteiger partial charge in [-0.1, -0.05) is 6.04 Å². The van der Waals surface area contributed by atoms with Gasteiger partial charge in [-0.3, -0.25) is 0 Å². The Kier molecular flexibility index (Phi) is 81.5. The minimum Gasteiger partial charge on any atom is -0.668 e. The molecule has 0 amide bonds. The van der Waals surface area contributed by atoms with Gasteiger partial charge in [-0.15, -0.1) is 0 Å². The molecule has 0 spiro atoms. The third kappa shape index (κ3) is 28.9. The number of hydrogen-bond acceptors (Lipinski definition) is 21. The molecular weight excluding hydrogens is 3660 g/mol. The molecule has 5 rings (SSSR count). The summed E-state index contributed by atoms with van der Waals surface area (Å²) in [5, 5.41) is 125. The van der Waals surface area contributed by atoms with Crippen LogP contribution >= 0.6 is 0 Å². The summed E-state index contributed by atoms with van der Waals surface area (Å²) in [4.78, 5) is 0. The Balaban J connectivity index is -0.000000345. The second-order valence-corrected chi connectivity index (χ2v) is 13.4. The smallest absolute Gasteiger partial charge is 0.187 e. The zero-order valence-electron chi connectivity index (χ0n) is 35.6. The number of aliphatic hydroxyl groups is 12. The molecule has 13 radical (unpaired) electrons. The van der Waals surface area contributed by atoms with Gasteiger partial charge in [-0.2, -0.15) is 0 Å². The molecule has 65 heavy (non-hydrogen) atoms. The molecule has 23 atom stereocenters. The molecule has 5 aliphatic rings. The summed E-state index contributed by atoms with van der Waals surface area (Å²) in [6.07, 6.45) is -32.7. The zero-order valence-corrected chi connectivity index (χ0v) is 97.3. The van der Waals surface area contributed by atoms with Crippen molar-refractivity contribution in [3.63, 3.8) is 0 Å². The van der Waals surface area contributed by atoms with Crippen molar-refractivity contribution in [2.75, 3.05) is 19.8 Å². The van der Waals surface area contributed by atoms with Gasteiger partial charge in [0, 0.05) is 573 Å². The third-order valence-corrected chi connectivity index (χ3v) is 9.85. The van der Waals surface area contributed by atoms with E-state index in [2.05, 4.69) is 0 Å². The Morgan fingerprint density at radius 1 is 0.400 bits per heavy atom. The molecule has 4 saturated heterocycles. The molecule has 22 nitrogen and oxygen atoms in total. The maximum Gasteiger partial charge on any atom is 0.187 e. The van der Waals surface area contributed by atoms with Crippen LogP contribution in [-0.2, 0) is 42.6 Å². The Hall–Kier alpha value is 17.4. The number of aliphatic hydroxyl groups excluding tert-OH is 12. The quantitative estimate of drug-likeness (QED) is 0.0915. The van der Waals surface area contributed by atoms with Crippen LogP contribution in [0.25, 0.3) is 5.73 Å². The Morgan fingerprint density at radius 3 is 1.23 bits per heavy atom. The molecule has 4 fully saturated rings. The van der Waals surface area contributed by atoms with Gasteiger partial charge in [0.05, 0.1) is 44.4 Å². The van der Waals surface area contributed by atoms with E-state index in [4.69, 9.17) is 48.4 Å². The summed E-state index contributed by atoms with van der Waals surface area (Å²) in [5.41, 5.74) is 9.12. The van der Waals surface area contributed by atoms with Crippen molar-refractivity contribution in [1.82, 2.24) is 0 Å². The predicted octanol–water partition coefficient (Wildman–Crippen LogP) is -6.98. The predicted molar refractivity (Wildman–Crippen MR) is 163 cm³/mol. The molecular formula is C30H50Ac13NO21-. The van der Waals surface area contributed by atoms with Crippen LogP contribution in [0.5, 0.6) is 0 Å². The molecule has 341 valence electrons. The first kappa shape index (κ1) is 101. The monoisotopic (exact) mass is 3710 g/mol. The molecule has 0 aromatic rings. The maximum absolute atomic E-state index is 11.1. The van der Waals surface area contributed by atoms with Crippen molar-refractivity contribution in [2.45, 2.75) is 155 Å². The SMILES string of the molecule is CC1O[C@@H](OC2C(O)[C@@H](O)C(CO)O[C@H]2O[C@H]2C(CO)O[C@@H](OC3C=COC(CO)[C@@H]3O)C([NH-])C2O[C@@H]2OC(C)[C@@H](O)C(O)C2O)C(O)C(O)[C@@H]1O.[Ac].[Ac].[Ac].[Ac].[Ac].[Ac].[Ac].[Ac].[Ac].[Ac].[Ac].[Ac].[Ac]. The van der Waals surface area contributed by atoms with Crippen LogP contribution in [0.1, 0.15) is 13.8 Å². The molecule has 0 saturated carbocycles. The van der Waals surface area contributed by atoms with E-state index in [-0.39, 0.29) is 573 Å². The average molecular weight is 3710 g/mol. The largest absolute Gasteiger partial charge is 0.668 e. The fourth-order valence-corrected chi connectivity index (χ4v) is 6.58. The van der Waals surface area contributed by atoms with Crippen LogP contribution < -0.4 is 0 Å². The van der Waals surface area contributed by atoms with E-state index < -0.39 is 161 Å². The molecule has 5 aliphatic heterocycles. The standard InChI is InChI=1S/C30H50NO21.13Ac/c1-8-15(35)19(39)22(42)28(45-8)51-25-14(31)27(47-10-3-4-44-11(5-32)17(10)37)49-13(7-34)24(25)50-30-26(21(41)18(38)12(6-33)48-30)52-29-23(43)20(40)16(36)9(2)46-29;;;;;;;;;;;;;/h3-4,8-43H,5-7H2,1-2H3;;;;;;;;;;;;;/q-1;;;;;;;;;;;;;/t8?,9?,10?,11?,12?,13?,14?,15-,16-,17-,18+,19?,20?,21?,22?,23?,24+,25?,26?,27-,28+,29+,30+;;;;;;;;;;;;;/m1............./s1. The van der Waals surface area contributed by atoms with E-state index in [1.165, 1.54) is 19.9 Å². The van der Waals surface area contributed by atoms with Gasteiger partial charge in [-0.05, 0) is 19.9 Å². The fraction of sp³-hybridized carbons (Fsp3) is 0.933. The minimum absolute atomic E-state index is 0. The molecule has 0 aromatic heterocycles. The molecule has 0 aromatic carbocycles. The third-order valence-electron chi connectivity index (χ3n) is 9.85. The number of rotatable bonds is 11. The first-order chi connectivity index (χ1) is 24.6. The van der Waals surface area contributed by atoms with Crippen molar-refractivity contribution in [3.8, 4) is 0 Å². The van der Waals surface area contributed by atoms with Gasteiger partial charge < -0.3 is 110 Å². The van der Waals surface area contributed by atoms with Crippen LogP contribution in [-0.4, -0.2) is 222 Å². The van der Waals surface area contributed by atoms with Crippen LogP contribution in [0.15, 0.2) is 12.3 Å². The van der Waals surface area contributed by atoms with E-state index in [1.54, 1.807) is 0 Å². The van der Waals surface area contributed by atoms with Crippen LogP contribution in [0.3, 0.4) is 0 Å². The second-order valence-electron chi connectivity index (χ2n) is 13.4. The summed E-state index contributed by atoms with van der Waals surface area (Å²) in [7, 11) is 0. The topological polar surface area (TPSA) is 350 Å². The molecule has 0 bridgehead atoms. The van der Waals surface area contributed by atoms with E-state index in [9.17, 15) is 61.3 Å². The van der Waals surface area contributed by atoms with Crippen molar-refractivity contribution >= 4 is 0 Å². The van der Waals surface area contributed by atoms with Crippen LogP contribution in [0.4, 0.5) is 0 Å². The summed E-state index contributed by atoms with van der Waals surface area (Å²) in [6, 6.07) is -1.72. The molecule has 0 aliphatic carbocycles. The summed E-state index contributed by atoms with van der Waals surface area (Å²) in [5.74, 6) is 0. The Morgan fingerprint density at radius 2 is 0.800 bits per heavy atom. The first-order valence-electron chi connectivity index (χ1n) is 16.8. The van der Waals surface area contributed by atoms with E-state index in [0.717, 1.165) is 6.26 Å². The molecule has 5 heterocycles. The van der Waals surface area contributed by atoms with Gasteiger partial charge in [0.15, 0.2) is 18.9 Å². The van der Waals surface area contributed by atoms with Crippen molar-refractivity contribution in [2.24, 2.45) is 0 Å². The Bertz CT molecular complexity index is 1210. The molecule has 13 N–H and O–H groups in total. The van der Waals surface area contributed by atoms with Gasteiger partial charge in [-0.25, -0.2) is 0 Å². The summed E-state index contributed by atoms with van der Waals surface area (Å²) in [6.45, 7) is 0.419. The maximum atomic E-state index is 11.1. The number of hydrogen-bond donors (Lipinski definition) is 12. The van der Waals surface area contributed by atoms with Crippen molar-refractivity contribution < 1.29 is 677 Å². The second kappa shape index (κ2) is 52.2. The number of ether oxygens (including phenoxy) is 9. The molecule has 35 heteroatoms. The Labute approximate surface area is 843 Å². The van der Waals surface area contributed by atoms with E-state index >= 15 is 0 Å². The van der Waals surface area contributed by atoms with Crippen molar-refractivity contribution in [3.05, 3.63) is 18.1 Å². The minimum atomic E-state index is -1.94. The van der Waals surface area contributed by atoms with Gasteiger partial charge in [0.1, 0.15) is 97.8 Å². The van der Waals surface area contributed by atoms with Gasteiger partial charge >= 0.3 is 0 Å². The fourth-order valence-electron chi connectivity index (χ4n) is 6.58. The van der Waals surface area contributed by atoms with Crippen LogP contribution in [0.2, 0.25) is 0 Å². The summed E-state index contributed by atoms with van der Waals surface area (Å²) < 4.78 is 51.6. The van der Waals surface area contributed by atoms with E-state index in [0.29, 0.717) is 0 Å². The van der Waals surface area contributed by atoms with E-state index in [1.807, 2.05) is 0 Å².